The van der Waals surface area contributed by atoms with Gasteiger partial charge in [-0.2, -0.15) is 0 Å². The molecule has 10 heteroatoms. The summed E-state index contributed by atoms with van der Waals surface area (Å²) in [5.74, 6) is 1.37. The molecule has 3 aromatic rings. The standard InChI is InChI=1S/C42H53N5O4S/c1-4-40(48)43-33-11-8-12-36(24-33)52(50,51)35-18-16-34(17-19-35)47-26-30(27-47)25-46-22-20-32(21-23-46)42(38-14-9-15-39(38)44-41(49)5-2)29-45(3)28-31-10-6-7-13-37(31)42/h4,6-8,10-13,16-19,24,30,32,38-39H,1,5,9,14-15,20-23,25-29H2,2-3H3,(H,43,48)(H,44,49)/t38?,39-,42-/m0/s1. The number of carbonyl (C=O) groups is 2. The maximum absolute atomic E-state index is 13.4. The van der Waals surface area contributed by atoms with Gasteiger partial charge in [-0.05, 0) is 117 Å². The van der Waals surface area contributed by atoms with Crippen molar-refractivity contribution in [2.45, 2.75) is 73.2 Å². The second kappa shape index (κ2) is 15.2. The van der Waals surface area contributed by atoms with E-state index >= 15 is 0 Å². The number of nitrogens with zero attached hydrogens (tertiary/aromatic N) is 3. The number of hydrogen-bond donors (Lipinski definition) is 2. The zero-order valence-corrected chi connectivity index (χ0v) is 31.4. The number of carbonyl (C=O) groups excluding carboxylic acids is 2. The Morgan fingerprint density at radius 3 is 2.42 bits per heavy atom. The van der Waals surface area contributed by atoms with Crippen LogP contribution < -0.4 is 15.5 Å². The van der Waals surface area contributed by atoms with Crippen LogP contribution in [0.25, 0.3) is 0 Å². The molecule has 3 heterocycles. The van der Waals surface area contributed by atoms with Crippen molar-refractivity contribution in [2.24, 2.45) is 17.8 Å². The fourth-order valence-electron chi connectivity index (χ4n) is 9.82. The molecule has 3 aliphatic heterocycles. The third-order valence-corrected chi connectivity index (χ3v) is 14.0. The Labute approximate surface area is 309 Å². The van der Waals surface area contributed by atoms with E-state index in [1.54, 1.807) is 30.3 Å². The summed E-state index contributed by atoms with van der Waals surface area (Å²) in [5.41, 5.74) is 4.46. The Kier molecular flexibility index (Phi) is 10.6. The smallest absolute Gasteiger partial charge is 0.247 e. The summed E-state index contributed by atoms with van der Waals surface area (Å²) in [6, 6.07) is 22.8. The van der Waals surface area contributed by atoms with Crippen molar-refractivity contribution in [2.75, 3.05) is 56.5 Å². The molecule has 52 heavy (non-hydrogen) atoms. The maximum atomic E-state index is 13.4. The Balaban J connectivity index is 0.975. The topological polar surface area (TPSA) is 102 Å². The van der Waals surface area contributed by atoms with Gasteiger partial charge < -0.3 is 25.3 Å². The molecule has 0 radical (unpaired) electrons. The molecule has 1 unspecified atom stereocenters. The first-order valence-electron chi connectivity index (χ1n) is 19.0. The lowest BCUT2D eigenvalue weighted by Gasteiger charge is -2.55. The number of anilines is 2. The van der Waals surface area contributed by atoms with Gasteiger partial charge in [0.1, 0.15) is 0 Å². The van der Waals surface area contributed by atoms with Crippen LogP contribution in [0, 0.1) is 17.8 Å². The minimum atomic E-state index is -3.74. The number of sulfone groups is 1. The second-order valence-electron chi connectivity index (χ2n) is 15.5. The average Bonchev–Trinajstić information content (AvgIpc) is 3.61. The fraction of sp³-hybridized carbons (Fsp3) is 0.476. The molecule has 276 valence electrons. The minimum Gasteiger partial charge on any atom is -0.371 e. The van der Waals surface area contributed by atoms with Gasteiger partial charge in [-0.15, -0.1) is 0 Å². The van der Waals surface area contributed by atoms with Gasteiger partial charge in [-0.3, -0.25) is 9.59 Å². The Morgan fingerprint density at radius 1 is 0.942 bits per heavy atom. The highest BCUT2D eigenvalue weighted by Gasteiger charge is 2.54. The summed E-state index contributed by atoms with van der Waals surface area (Å²) in [6.07, 6.45) is 7.44. The molecule has 0 aromatic heterocycles. The molecule has 0 spiro atoms. The summed E-state index contributed by atoms with van der Waals surface area (Å²) in [7, 11) is -1.47. The van der Waals surface area contributed by atoms with E-state index in [9.17, 15) is 18.0 Å². The molecular formula is C42H53N5O4S. The third-order valence-electron chi connectivity index (χ3n) is 12.2. The molecule has 2 amide bonds. The highest BCUT2D eigenvalue weighted by molar-refractivity contribution is 7.91. The van der Waals surface area contributed by atoms with E-state index in [1.807, 2.05) is 19.1 Å². The van der Waals surface area contributed by atoms with Gasteiger partial charge in [0.25, 0.3) is 0 Å². The number of hydrogen-bond acceptors (Lipinski definition) is 7. The van der Waals surface area contributed by atoms with Crippen molar-refractivity contribution in [1.29, 1.82) is 0 Å². The van der Waals surface area contributed by atoms with Crippen molar-refractivity contribution in [3.8, 4) is 0 Å². The normalized spacial score (nSPS) is 24.5. The maximum Gasteiger partial charge on any atom is 0.247 e. The predicted molar refractivity (Wildman–Crippen MR) is 206 cm³/mol. The van der Waals surface area contributed by atoms with Crippen LogP contribution in [-0.2, 0) is 31.4 Å². The quantitative estimate of drug-likeness (QED) is 0.239. The van der Waals surface area contributed by atoms with Crippen LogP contribution in [0.1, 0.15) is 56.6 Å². The lowest BCUT2D eigenvalue weighted by atomic mass is 9.56. The number of fused-ring (bicyclic) bond motifs is 1. The number of piperidine rings is 1. The lowest BCUT2D eigenvalue weighted by Crippen LogP contribution is -2.59. The molecule has 7 rings (SSSR count). The molecular weight excluding hydrogens is 671 g/mol. The summed E-state index contributed by atoms with van der Waals surface area (Å²) in [5, 5.41) is 6.09. The molecule has 9 nitrogen and oxygen atoms in total. The van der Waals surface area contributed by atoms with Gasteiger partial charge in [0.05, 0.1) is 9.79 Å². The number of benzene rings is 3. The molecule has 3 atom stereocenters. The Hall–Kier alpha value is -3.99. The Morgan fingerprint density at radius 2 is 1.69 bits per heavy atom. The zero-order chi connectivity index (χ0) is 36.5. The summed E-state index contributed by atoms with van der Waals surface area (Å²) in [4.78, 5) is 32.2. The van der Waals surface area contributed by atoms with Crippen LogP contribution >= 0.6 is 0 Å². The highest BCUT2D eigenvalue weighted by atomic mass is 32.2. The number of likely N-dealkylation sites (tertiary alicyclic amines) is 1. The van der Waals surface area contributed by atoms with Crippen LogP contribution in [0.15, 0.2) is 95.2 Å². The first-order chi connectivity index (χ1) is 25.1. The predicted octanol–water partition coefficient (Wildman–Crippen LogP) is 5.87. The number of likely N-dealkylation sites (N-methyl/N-ethyl adjacent to an activating group) is 1. The van der Waals surface area contributed by atoms with Crippen LogP contribution in [0.5, 0.6) is 0 Å². The van der Waals surface area contributed by atoms with Gasteiger partial charge in [-0.1, -0.05) is 50.3 Å². The van der Waals surface area contributed by atoms with E-state index in [-0.39, 0.29) is 27.2 Å². The van der Waals surface area contributed by atoms with E-state index < -0.39 is 15.7 Å². The van der Waals surface area contributed by atoms with E-state index in [4.69, 9.17) is 0 Å². The van der Waals surface area contributed by atoms with Crippen molar-refractivity contribution in [3.05, 3.63) is 96.6 Å². The average molecular weight is 724 g/mol. The molecule has 1 saturated carbocycles. The number of nitrogens with one attached hydrogen (secondary N) is 2. The van der Waals surface area contributed by atoms with Crippen LogP contribution in [0.4, 0.5) is 11.4 Å². The fourth-order valence-corrected chi connectivity index (χ4v) is 11.1. The molecule has 4 aliphatic rings. The summed E-state index contributed by atoms with van der Waals surface area (Å²) >= 11 is 0. The van der Waals surface area contributed by atoms with E-state index in [2.05, 4.69) is 63.2 Å². The SMILES string of the molecule is C=CC(=O)Nc1cccc(S(=O)(=O)c2ccc(N3CC(CN4CCC([C@@]5(C6CCC[C@@H]6NC(=O)CC)CN(C)Cc6ccccc65)CC4)C3)cc2)c1. The molecule has 3 aromatic carbocycles. The van der Waals surface area contributed by atoms with Crippen molar-refractivity contribution < 1.29 is 18.0 Å². The van der Waals surface area contributed by atoms with Crippen LogP contribution in [0.3, 0.4) is 0 Å². The van der Waals surface area contributed by atoms with Crippen molar-refractivity contribution in [1.82, 2.24) is 15.1 Å². The highest BCUT2D eigenvalue weighted by Crippen LogP contribution is 2.53. The van der Waals surface area contributed by atoms with E-state index in [1.165, 1.54) is 42.9 Å². The van der Waals surface area contributed by atoms with Crippen LogP contribution in [0.2, 0.25) is 0 Å². The first kappa shape index (κ1) is 36.4. The lowest BCUT2D eigenvalue weighted by molar-refractivity contribution is -0.122. The van der Waals surface area contributed by atoms with Gasteiger partial charge in [-0.25, -0.2) is 8.42 Å². The molecule has 2 N–H and O–H groups in total. The van der Waals surface area contributed by atoms with Crippen molar-refractivity contribution in [3.63, 3.8) is 0 Å². The number of amides is 2. The van der Waals surface area contributed by atoms with E-state index in [0.29, 0.717) is 29.9 Å². The molecule has 1 aliphatic carbocycles. The number of rotatable bonds is 11. The van der Waals surface area contributed by atoms with Gasteiger partial charge in [0.2, 0.25) is 21.7 Å². The van der Waals surface area contributed by atoms with Crippen molar-refractivity contribution >= 4 is 33.0 Å². The first-order valence-corrected chi connectivity index (χ1v) is 20.5. The van der Waals surface area contributed by atoms with Gasteiger partial charge in [0, 0.05) is 67.9 Å². The van der Waals surface area contributed by atoms with E-state index in [0.717, 1.165) is 64.0 Å². The largest absolute Gasteiger partial charge is 0.371 e. The Bertz CT molecular complexity index is 1880. The molecule has 2 saturated heterocycles. The zero-order valence-electron chi connectivity index (χ0n) is 30.6. The molecule has 0 bridgehead atoms. The summed E-state index contributed by atoms with van der Waals surface area (Å²) in [6.45, 7) is 12.6. The minimum absolute atomic E-state index is 0.0367. The monoisotopic (exact) mass is 723 g/mol. The summed E-state index contributed by atoms with van der Waals surface area (Å²) < 4.78 is 26.7. The second-order valence-corrected chi connectivity index (χ2v) is 17.4. The van der Waals surface area contributed by atoms with Gasteiger partial charge >= 0.3 is 0 Å². The van der Waals surface area contributed by atoms with Gasteiger partial charge in [0.15, 0.2) is 0 Å². The van der Waals surface area contributed by atoms with Crippen LogP contribution in [-0.4, -0.2) is 82.4 Å². The molecule has 3 fully saturated rings. The third kappa shape index (κ3) is 7.17.